The molecule has 0 radical (unpaired) electrons. The maximum absolute atomic E-state index is 13.0. The van der Waals surface area contributed by atoms with Crippen LogP contribution >= 0.6 is 0 Å². The van der Waals surface area contributed by atoms with Crippen molar-refractivity contribution in [1.82, 2.24) is 9.78 Å². The summed E-state index contributed by atoms with van der Waals surface area (Å²) in [5, 5.41) is 7.05. The first-order chi connectivity index (χ1) is 14.1. The predicted octanol–water partition coefficient (Wildman–Crippen LogP) is 4.89. The van der Waals surface area contributed by atoms with E-state index in [0.29, 0.717) is 28.2 Å². The van der Waals surface area contributed by atoms with Gasteiger partial charge in [0.15, 0.2) is 5.78 Å². The Kier molecular flexibility index (Phi) is 5.78. The summed E-state index contributed by atoms with van der Waals surface area (Å²) in [5.41, 5.74) is 2.04. The molecule has 3 rings (SSSR count). The molecule has 30 heavy (non-hydrogen) atoms. The number of benzene rings is 2. The third-order valence-corrected chi connectivity index (χ3v) is 4.78. The summed E-state index contributed by atoms with van der Waals surface area (Å²) >= 11 is 0. The Hall–Kier alpha value is -3.42. The molecule has 1 N–H and O–H groups in total. The van der Waals surface area contributed by atoms with Crippen LogP contribution in [0.1, 0.15) is 39.8 Å². The zero-order valence-electron chi connectivity index (χ0n) is 16.7. The molecule has 0 aliphatic carbocycles. The van der Waals surface area contributed by atoms with Crippen LogP contribution in [0.5, 0.6) is 0 Å². The molecular weight excluding hydrogens is 395 g/mol. The number of hydrogen-bond donors (Lipinski definition) is 1. The van der Waals surface area contributed by atoms with E-state index in [4.69, 9.17) is 0 Å². The highest BCUT2D eigenvalue weighted by molar-refractivity contribution is 6.04. The van der Waals surface area contributed by atoms with Gasteiger partial charge in [-0.2, -0.15) is 18.3 Å². The molecule has 0 atom stereocenters. The van der Waals surface area contributed by atoms with Crippen molar-refractivity contribution in [3.05, 3.63) is 76.6 Å². The number of Topliss-reactive ketones (excluding diaryl/α,β-unsaturated/α-hetero) is 1. The molecule has 1 amide bonds. The van der Waals surface area contributed by atoms with Crippen molar-refractivity contribution in [2.45, 2.75) is 33.4 Å². The number of anilines is 1. The first kappa shape index (κ1) is 21.3. The lowest BCUT2D eigenvalue weighted by Crippen LogP contribution is -2.17. The Morgan fingerprint density at radius 1 is 1.07 bits per heavy atom. The summed E-state index contributed by atoms with van der Waals surface area (Å²) in [6.07, 6.45) is -4.48. The number of alkyl halides is 3. The van der Waals surface area contributed by atoms with Crippen LogP contribution in [0, 0.1) is 13.8 Å². The molecule has 0 unspecified atom stereocenters. The van der Waals surface area contributed by atoms with Crippen molar-refractivity contribution in [3.63, 3.8) is 0 Å². The number of carbonyl (C=O) groups excluding carboxylic acids is 2. The van der Waals surface area contributed by atoms with Crippen molar-refractivity contribution < 1.29 is 22.8 Å². The van der Waals surface area contributed by atoms with Crippen LogP contribution in [-0.2, 0) is 17.4 Å². The van der Waals surface area contributed by atoms with Gasteiger partial charge >= 0.3 is 6.18 Å². The van der Waals surface area contributed by atoms with Crippen molar-refractivity contribution >= 4 is 17.4 Å². The lowest BCUT2D eigenvalue weighted by Gasteiger charge is -2.11. The maximum Gasteiger partial charge on any atom is 0.416 e. The van der Waals surface area contributed by atoms with Gasteiger partial charge in [-0.15, -0.1) is 0 Å². The van der Waals surface area contributed by atoms with Gasteiger partial charge in [-0.1, -0.05) is 18.2 Å². The Balaban J connectivity index is 1.87. The minimum absolute atomic E-state index is 0.0249. The van der Waals surface area contributed by atoms with Crippen molar-refractivity contribution in [3.8, 4) is 5.69 Å². The lowest BCUT2D eigenvalue weighted by atomic mass is 10.1. The third kappa shape index (κ3) is 4.42. The highest BCUT2D eigenvalue weighted by atomic mass is 19.4. The van der Waals surface area contributed by atoms with E-state index in [1.165, 1.54) is 23.7 Å². The van der Waals surface area contributed by atoms with E-state index in [9.17, 15) is 22.8 Å². The zero-order chi connectivity index (χ0) is 22.1. The molecule has 0 aliphatic rings. The number of carbonyl (C=O) groups is 2. The summed E-state index contributed by atoms with van der Waals surface area (Å²) in [7, 11) is 0. The number of ketones is 1. The molecule has 0 aliphatic heterocycles. The second kappa shape index (κ2) is 8.14. The van der Waals surface area contributed by atoms with Crippen LogP contribution < -0.4 is 5.32 Å². The number of aromatic nitrogens is 2. The monoisotopic (exact) mass is 415 g/mol. The van der Waals surface area contributed by atoms with Gasteiger partial charge < -0.3 is 5.32 Å². The van der Waals surface area contributed by atoms with Gasteiger partial charge in [0, 0.05) is 16.8 Å². The summed E-state index contributed by atoms with van der Waals surface area (Å²) in [4.78, 5) is 24.3. The molecule has 1 heterocycles. The van der Waals surface area contributed by atoms with Gasteiger partial charge in [-0.05, 0) is 51.1 Å². The van der Waals surface area contributed by atoms with Crippen LogP contribution in [0.25, 0.3) is 5.69 Å². The molecule has 8 heteroatoms. The van der Waals surface area contributed by atoms with Crippen molar-refractivity contribution in [2.24, 2.45) is 0 Å². The maximum atomic E-state index is 13.0. The average molecular weight is 415 g/mol. The molecular formula is C22H20F3N3O2. The molecule has 2 aromatic carbocycles. The number of nitrogens with zero attached hydrogens (tertiary/aromatic N) is 2. The molecule has 156 valence electrons. The fourth-order valence-electron chi connectivity index (χ4n) is 3.25. The zero-order valence-corrected chi connectivity index (χ0v) is 16.7. The van der Waals surface area contributed by atoms with Gasteiger partial charge in [0.25, 0.3) is 0 Å². The van der Waals surface area contributed by atoms with E-state index in [2.05, 4.69) is 10.4 Å². The van der Waals surface area contributed by atoms with E-state index in [0.717, 1.165) is 12.1 Å². The van der Waals surface area contributed by atoms with Crippen LogP contribution in [0.3, 0.4) is 0 Å². The van der Waals surface area contributed by atoms with Crippen LogP contribution in [0.2, 0.25) is 0 Å². The van der Waals surface area contributed by atoms with Gasteiger partial charge in [-0.25, -0.2) is 4.68 Å². The Morgan fingerprint density at radius 3 is 2.43 bits per heavy atom. The molecule has 0 spiro atoms. The minimum atomic E-state index is -4.46. The lowest BCUT2D eigenvalue weighted by molar-refractivity contribution is -0.137. The second-order valence-electron chi connectivity index (χ2n) is 6.94. The van der Waals surface area contributed by atoms with E-state index >= 15 is 0 Å². The van der Waals surface area contributed by atoms with Gasteiger partial charge in [-0.3, -0.25) is 9.59 Å². The molecule has 0 bridgehead atoms. The largest absolute Gasteiger partial charge is 0.416 e. The van der Waals surface area contributed by atoms with E-state index in [1.54, 1.807) is 38.1 Å². The smallest absolute Gasteiger partial charge is 0.325 e. The molecule has 3 aromatic rings. The number of nitrogens with one attached hydrogen (secondary N) is 1. The highest BCUT2D eigenvalue weighted by Crippen LogP contribution is 2.31. The topological polar surface area (TPSA) is 64.0 Å². The van der Waals surface area contributed by atoms with Gasteiger partial charge in [0.05, 0.1) is 29.1 Å². The predicted molar refractivity (Wildman–Crippen MR) is 107 cm³/mol. The second-order valence-corrected chi connectivity index (χ2v) is 6.94. The SMILES string of the molecule is CC(=O)c1ccccc1NC(=O)Cc1c(C)nn(-c2cccc(C(F)(F)F)c2)c1C. The van der Waals surface area contributed by atoms with E-state index < -0.39 is 11.7 Å². The van der Waals surface area contributed by atoms with Crippen molar-refractivity contribution in [2.75, 3.05) is 5.32 Å². The first-order valence-electron chi connectivity index (χ1n) is 9.20. The Morgan fingerprint density at radius 2 is 1.77 bits per heavy atom. The Labute approximate surface area is 171 Å². The number of amides is 1. The number of halogens is 3. The van der Waals surface area contributed by atoms with Gasteiger partial charge in [0.1, 0.15) is 0 Å². The molecule has 5 nitrogen and oxygen atoms in total. The Bertz CT molecular complexity index is 1120. The summed E-state index contributed by atoms with van der Waals surface area (Å²) < 4.78 is 40.5. The number of para-hydroxylation sites is 1. The number of rotatable bonds is 5. The standard InChI is InChI=1S/C22H20F3N3O2/c1-13-19(12-21(30)26-20-10-5-4-9-18(20)15(3)29)14(2)28(27-13)17-8-6-7-16(11-17)22(23,24)25/h4-11H,12H2,1-3H3,(H,26,30). The summed E-state index contributed by atoms with van der Waals surface area (Å²) in [6.45, 7) is 4.81. The third-order valence-electron chi connectivity index (χ3n) is 4.78. The van der Waals surface area contributed by atoms with Crippen LogP contribution in [0.15, 0.2) is 48.5 Å². The highest BCUT2D eigenvalue weighted by Gasteiger charge is 2.30. The number of hydrogen-bond acceptors (Lipinski definition) is 3. The van der Waals surface area contributed by atoms with Gasteiger partial charge in [0.2, 0.25) is 5.91 Å². The fraction of sp³-hybridized carbons (Fsp3) is 0.227. The van der Waals surface area contributed by atoms with Crippen LogP contribution in [0.4, 0.5) is 18.9 Å². The normalized spacial score (nSPS) is 11.4. The molecule has 0 saturated carbocycles. The average Bonchev–Trinajstić information content (AvgIpc) is 2.96. The summed E-state index contributed by atoms with van der Waals surface area (Å²) in [5.74, 6) is -0.519. The minimum Gasteiger partial charge on any atom is -0.325 e. The van der Waals surface area contributed by atoms with Crippen molar-refractivity contribution in [1.29, 1.82) is 0 Å². The molecule has 1 aromatic heterocycles. The fourth-order valence-corrected chi connectivity index (χ4v) is 3.25. The molecule has 0 saturated heterocycles. The first-order valence-corrected chi connectivity index (χ1v) is 9.20. The van der Waals surface area contributed by atoms with Crippen LogP contribution in [-0.4, -0.2) is 21.5 Å². The molecule has 0 fully saturated rings. The quantitative estimate of drug-likeness (QED) is 0.604. The van der Waals surface area contributed by atoms with E-state index in [-0.39, 0.29) is 23.8 Å². The summed E-state index contributed by atoms with van der Waals surface area (Å²) in [6, 6.07) is 11.5. The number of aryl methyl sites for hydroxylation is 1. The van der Waals surface area contributed by atoms with E-state index in [1.807, 2.05) is 0 Å².